The normalized spacial score (nSPS) is 10.5. The zero-order chi connectivity index (χ0) is 13.7. The minimum atomic E-state index is 0.100. The second-order valence-electron chi connectivity index (χ2n) is 3.87. The van der Waals surface area contributed by atoms with Crippen molar-refractivity contribution >= 4 is 17.5 Å². The fourth-order valence-corrected chi connectivity index (χ4v) is 1.55. The van der Waals surface area contributed by atoms with Crippen molar-refractivity contribution in [1.82, 2.24) is 24.5 Å². The van der Waals surface area contributed by atoms with E-state index >= 15 is 0 Å². The van der Waals surface area contributed by atoms with Gasteiger partial charge in [-0.3, -0.25) is 0 Å². The van der Waals surface area contributed by atoms with Gasteiger partial charge < -0.3 is 14.6 Å². The molecule has 2 heterocycles. The molecule has 0 bridgehead atoms. The number of nitrogens with one attached hydrogen (secondary N) is 1. The van der Waals surface area contributed by atoms with Gasteiger partial charge in [0.05, 0.1) is 13.2 Å². The molecule has 0 amide bonds. The minimum absolute atomic E-state index is 0.100. The average Bonchev–Trinajstić information content (AvgIpc) is 2.79. The van der Waals surface area contributed by atoms with Gasteiger partial charge in [-0.15, -0.1) is 0 Å². The van der Waals surface area contributed by atoms with Crippen LogP contribution in [0.25, 0.3) is 0 Å². The third kappa shape index (κ3) is 3.78. The molecule has 0 fully saturated rings. The lowest BCUT2D eigenvalue weighted by Crippen LogP contribution is -2.10. The van der Waals surface area contributed by atoms with E-state index in [1.54, 1.807) is 6.20 Å². The summed E-state index contributed by atoms with van der Waals surface area (Å²) in [6.45, 7) is 3.04. The number of hydrogen-bond acceptors (Lipinski definition) is 6. The molecule has 1 N–H and O–H groups in total. The fourth-order valence-electron chi connectivity index (χ4n) is 1.39. The summed E-state index contributed by atoms with van der Waals surface area (Å²) in [4.78, 5) is 16.2. The van der Waals surface area contributed by atoms with Gasteiger partial charge in [0.25, 0.3) is 0 Å². The average molecular weight is 283 g/mol. The second-order valence-corrected chi connectivity index (χ2v) is 4.21. The molecule has 0 spiro atoms. The number of rotatable bonds is 6. The molecule has 2 aromatic heterocycles. The number of imidazole rings is 1. The Morgan fingerprint density at radius 3 is 2.89 bits per heavy atom. The molecule has 0 aliphatic carbocycles. The monoisotopic (exact) mass is 282 g/mol. The van der Waals surface area contributed by atoms with Crippen molar-refractivity contribution in [2.75, 3.05) is 11.9 Å². The maximum Gasteiger partial charge on any atom is 0.322 e. The van der Waals surface area contributed by atoms with Gasteiger partial charge in [0.1, 0.15) is 5.82 Å². The summed E-state index contributed by atoms with van der Waals surface area (Å²) in [5.41, 5.74) is 0. The van der Waals surface area contributed by atoms with Gasteiger partial charge >= 0.3 is 6.01 Å². The molecule has 2 rings (SSSR count). The summed E-state index contributed by atoms with van der Waals surface area (Å²) in [5, 5.41) is 3.14. The first-order valence-electron chi connectivity index (χ1n) is 5.93. The summed E-state index contributed by atoms with van der Waals surface area (Å²) in [6, 6.07) is 0.226. The van der Waals surface area contributed by atoms with Crippen molar-refractivity contribution in [3.8, 4) is 6.01 Å². The zero-order valence-corrected chi connectivity index (χ0v) is 11.6. The van der Waals surface area contributed by atoms with Crippen LogP contribution in [0.3, 0.4) is 0 Å². The summed E-state index contributed by atoms with van der Waals surface area (Å²) in [6.07, 6.45) is 4.47. The van der Waals surface area contributed by atoms with Crippen LogP contribution in [0.4, 0.5) is 5.95 Å². The Hall–Kier alpha value is -1.89. The number of anilines is 1. The molecule has 102 valence electrons. The van der Waals surface area contributed by atoms with Crippen molar-refractivity contribution in [2.24, 2.45) is 7.05 Å². The predicted octanol–water partition coefficient (Wildman–Crippen LogP) is 1.66. The lowest BCUT2D eigenvalue weighted by atomic mass is 10.5. The Labute approximate surface area is 116 Å². The first-order valence-corrected chi connectivity index (χ1v) is 6.31. The van der Waals surface area contributed by atoms with E-state index in [9.17, 15) is 0 Å². The highest BCUT2D eigenvalue weighted by atomic mass is 35.5. The number of halogens is 1. The second kappa shape index (κ2) is 6.33. The van der Waals surface area contributed by atoms with Crippen LogP contribution in [0.5, 0.6) is 6.01 Å². The molecule has 0 atom stereocenters. The van der Waals surface area contributed by atoms with Gasteiger partial charge in [0, 0.05) is 19.4 Å². The molecule has 8 heteroatoms. The Morgan fingerprint density at radius 1 is 1.37 bits per heavy atom. The van der Waals surface area contributed by atoms with Gasteiger partial charge in [-0.25, -0.2) is 4.98 Å². The molecule has 0 saturated heterocycles. The van der Waals surface area contributed by atoms with Crippen molar-refractivity contribution in [3.05, 3.63) is 23.5 Å². The standard InChI is InChI=1S/C11H15ClN6O/c1-3-6-19-11-16-9(12)15-10(17-11)14-7-8-13-4-5-18(8)2/h4-5H,3,6-7H2,1-2H3,(H,14,15,16,17). The quantitative estimate of drug-likeness (QED) is 0.868. The third-order valence-electron chi connectivity index (χ3n) is 2.35. The third-order valence-corrected chi connectivity index (χ3v) is 2.52. The van der Waals surface area contributed by atoms with Crippen LogP contribution in [0.15, 0.2) is 12.4 Å². The summed E-state index contributed by atoms with van der Waals surface area (Å²) in [5.74, 6) is 1.24. The highest BCUT2D eigenvalue weighted by molar-refractivity contribution is 6.28. The van der Waals surface area contributed by atoms with E-state index in [1.165, 1.54) is 0 Å². The van der Waals surface area contributed by atoms with Crippen molar-refractivity contribution in [1.29, 1.82) is 0 Å². The number of ether oxygens (including phenoxy) is 1. The van der Waals surface area contributed by atoms with E-state index in [1.807, 2.05) is 24.7 Å². The van der Waals surface area contributed by atoms with E-state index in [0.29, 0.717) is 19.1 Å². The summed E-state index contributed by atoms with van der Waals surface area (Å²) in [7, 11) is 1.92. The minimum Gasteiger partial charge on any atom is -0.463 e. The summed E-state index contributed by atoms with van der Waals surface area (Å²) < 4.78 is 7.24. The molecule has 0 aliphatic heterocycles. The largest absolute Gasteiger partial charge is 0.463 e. The molecule has 0 aliphatic rings. The van der Waals surface area contributed by atoms with Gasteiger partial charge in [0.2, 0.25) is 11.2 Å². The molecule has 0 saturated carbocycles. The molecule has 7 nitrogen and oxygen atoms in total. The summed E-state index contributed by atoms with van der Waals surface area (Å²) >= 11 is 5.82. The number of hydrogen-bond donors (Lipinski definition) is 1. The van der Waals surface area contributed by atoms with E-state index in [2.05, 4.69) is 25.3 Å². The Balaban J connectivity index is 2.03. The van der Waals surface area contributed by atoms with Crippen LogP contribution in [0.2, 0.25) is 5.28 Å². The molecule has 0 unspecified atom stereocenters. The van der Waals surface area contributed by atoms with Crippen LogP contribution in [0, 0.1) is 0 Å². The van der Waals surface area contributed by atoms with Crippen molar-refractivity contribution in [3.63, 3.8) is 0 Å². The Morgan fingerprint density at radius 2 is 2.21 bits per heavy atom. The maximum atomic E-state index is 5.82. The van der Waals surface area contributed by atoms with Crippen LogP contribution in [-0.4, -0.2) is 31.1 Å². The van der Waals surface area contributed by atoms with Crippen LogP contribution in [0.1, 0.15) is 19.2 Å². The zero-order valence-electron chi connectivity index (χ0n) is 10.8. The van der Waals surface area contributed by atoms with E-state index in [0.717, 1.165) is 12.2 Å². The smallest absolute Gasteiger partial charge is 0.322 e. The molecule has 2 aromatic rings. The highest BCUT2D eigenvalue weighted by Crippen LogP contribution is 2.12. The lowest BCUT2D eigenvalue weighted by molar-refractivity contribution is 0.291. The van der Waals surface area contributed by atoms with Crippen molar-refractivity contribution in [2.45, 2.75) is 19.9 Å². The maximum absolute atomic E-state index is 5.82. The van der Waals surface area contributed by atoms with Crippen LogP contribution < -0.4 is 10.1 Å². The highest BCUT2D eigenvalue weighted by Gasteiger charge is 2.07. The Kier molecular flexibility index (Phi) is 4.51. The molecule has 0 radical (unpaired) electrons. The van der Waals surface area contributed by atoms with Gasteiger partial charge in [0.15, 0.2) is 0 Å². The van der Waals surface area contributed by atoms with Gasteiger partial charge in [-0.1, -0.05) is 6.92 Å². The number of aryl methyl sites for hydroxylation is 1. The lowest BCUT2D eigenvalue weighted by Gasteiger charge is -2.07. The first kappa shape index (κ1) is 13.5. The van der Waals surface area contributed by atoms with E-state index < -0.39 is 0 Å². The molecule has 0 aromatic carbocycles. The number of nitrogens with zero attached hydrogens (tertiary/aromatic N) is 5. The van der Waals surface area contributed by atoms with Crippen LogP contribution in [-0.2, 0) is 13.6 Å². The molecular weight excluding hydrogens is 268 g/mol. The first-order chi connectivity index (χ1) is 9.19. The van der Waals surface area contributed by atoms with Crippen molar-refractivity contribution < 1.29 is 4.74 Å². The molecular formula is C11H15ClN6O. The SMILES string of the molecule is CCCOc1nc(Cl)nc(NCc2nccn2C)n1. The Bertz CT molecular complexity index is 544. The van der Waals surface area contributed by atoms with E-state index in [-0.39, 0.29) is 11.3 Å². The topological polar surface area (TPSA) is 77.8 Å². The predicted molar refractivity (Wildman–Crippen MR) is 71.2 cm³/mol. The van der Waals surface area contributed by atoms with E-state index in [4.69, 9.17) is 16.3 Å². The fraction of sp³-hybridized carbons (Fsp3) is 0.455. The van der Waals surface area contributed by atoms with Crippen LogP contribution >= 0.6 is 11.6 Å². The number of aromatic nitrogens is 5. The van der Waals surface area contributed by atoms with Gasteiger partial charge in [-0.2, -0.15) is 15.0 Å². The molecule has 19 heavy (non-hydrogen) atoms. The van der Waals surface area contributed by atoms with Gasteiger partial charge in [-0.05, 0) is 18.0 Å².